The summed E-state index contributed by atoms with van der Waals surface area (Å²) in [5.74, 6) is 0.891. The van der Waals surface area contributed by atoms with E-state index >= 15 is 0 Å². The van der Waals surface area contributed by atoms with E-state index < -0.39 is 0 Å². The Morgan fingerprint density at radius 3 is 2.93 bits per heavy atom. The molecule has 0 aliphatic heterocycles. The molecule has 1 aromatic carbocycles. The third kappa shape index (κ3) is 1.73. The van der Waals surface area contributed by atoms with Crippen LogP contribution < -0.4 is 0 Å². The Kier molecular flexibility index (Phi) is 2.70. The van der Waals surface area contributed by atoms with Gasteiger partial charge in [0, 0.05) is 14.2 Å². The molecule has 1 N–H and O–H groups in total. The molecule has 80 valence electrons. The van der Waals surface area contributed by atoms with Crippen molar-refractivity contribution in [2.45, 2.75) is 13.2 Å². The van der Waals surface area contributed by atoms with Crippen LogP contribution in [-0.2, 0) is 25.0 Å². The smallest absolute Gasteiger partial charge is 0.135 e. The van der Waals surface area contributed by atoms with Crippen molar-refractivity contribution in [3.05, 3.63) is 29.6 Å². The number of hydrogen-bond donors (Lipinski definition) is 1. The molecule has 0 fully saturated rings. The van der Waals surface area contributed by atoms with Gasteiger partial charge in [-0.25, -0.2) is 4.98 Å². The maximum atomic E-state index is 9.02. The van der Waals surface area contributed by atoms with Crippen LogP contribution in [0.4, 0.5) is 0 Å². The van der Waals surface area contributed by atoms with Crippen molar-refractivity contribution >= 4 is 11.0 Å². The standard InChI is InChI=1S/C11H14N2O2/c1-13-10-4-3-8(6-14)5-9(10)12-11(13)7-15-2/h3-5,14H,6-7H2,1-2H3. The van der Waals surface area contributed by atoms with E-state index in [9.17, 15) is 0 Å². The van der Waals surface area contributed by atoms with Gasteiger partial charge in [0.05, 0.1) is 17.6 Å². The average molecular weight is 206 g/mol. The van der Waals surface area contributed by atoms with Gasteiger partial charge in [0.15, 0.2) is 0 Å². The predicted octanol–water partition coefficient (Wildman–Crippen LogP) is 1.21. The molecule has 0 bridgehead atoms. The van der Waals surface area contributed by atoms with Gasteiger partial charge < -0.3 is 14.4 Å². The third-order valence-electron chi connectivity index (χ3n) is 2.49. The van der Waals surface area contributed by atoms with Crippen LogP contribution in [0.1, 0.15) is 11.4 Å². The third-order valence-corrected chi connectivity index (χ3v) is 2.49. The van der Waals surface area contributed by atoms with E-state index in [2.05, 4.69) is 4.98 Å². The van der Waals surface area contributed by atoms with Crippen LogP contribution >= 0.6 is 0 Å². The number of fused-ring (bicyclic) bond motifs is 1. The highest BCUT2D eigenvalue weighted by atomic mass is 16.5. The summed E-state index contributed by atoms with van der Waals surface area (Å²) in [6.07, 6.45) is 0. The van der Waals surface area contributed by atoms with Gasteiger partial charge >= 0.3 is 0 Å². The molecule has 0 spiro atoms. The number of methoxy groups -OCH3 is 1. The van der Waals surface area contributed by atoms with Crippen LogP contribution in [0, 0.1) is 0 Å². The Hall–Kier alpha value is -1.39. The molecule has 1 heterocycles. The lowest BCUT2D eigenvalue weighted by molar-refractivity contribution is 0.176. The van der Waals surface area contributed by atoms with Gasteiger partial charge in [0.25, 0.3) is 0 Å². The van der Waals surface area contributed by atoms with E-state index in [0.717, 1.165) is 22.4 Å². The molecule has 4 nitrogen and oxygen atoms in total. The fourth-order valence-electron chi connectivity index (χ4n) is 1.65. The van der Waals surface area contributed by atoms with Gasteiger partial charge in [-0.15, -0.1) is 0 Å². The lowest BCUT2D eigenvalue weighted by Crippen LogP contribution is -1.98. The van der Waals surface area contributed by atoms with E-state index in [1.54, 1.807) is 7.11 Å². The molecule has 0 aliphatic carbocycles. The Morgan fingerprint density at radius 2 is 2.27 bits per heavy atom. The summed E-state index contributed by atoms with van der Waals surface area (Å²) < 4.78 is 7.06. The van der Waals surface area contributed by atoms with E-state index in [-0.39, 0.29) is 6.61 Å². The van der Waals surface area contributed by atoms with Crippen molar-refractivity contribution in [1.82, 2.24) is 9.55 Å². The lowest BCUT2D eigenvalue weighted by atomic mass is 10.2. The number of imidazole rings is 1. The summed E-state index contributed by atoms with van der Waals surface area (Å²) >= 11 is 0. The first kappa shape index (κ1) is 10.1. The first-order chi connectivity index (χ1) is 7.26. The zero-order chi connectivity index (χ0) is 10.8. The number of rotatable bonds is 3. The molecule has 0 aliphatic rings. The van der Waals surface area contributed by atoms with Crippen molar-refractivity contribution in [2.24, 2.45) is 7.05 Å². The molecule has 4 heteroatoms. The molecule has 0 amide bonds. The lowest BCUT2D eigenvalue weighted by Gasteiger charge is -2.00. The number of aryl methyl sites for hydroxylation is 1. The van der Waals surface area contributed by atoms with Crippen molar-refractivity contribution in [1.29, 1.82) is 0 Å². The highest BCUT2D eigenvalue weighted by Crippen LogP contribution is 2.17. The van der Waals surface area contributed by atoms with Crippen LogP contribution in [-0.4, -0.2) is 21.8 Å². The largest absolute Gasteiger partial charge is 0.392 e. The zero-order valence-electron chi connectivity index (χ0n) is 8.90. The van der Waals surface area contributed by atoms with E-state index in [0.29, 0.717) is 6.61 Å². The molecular weight excluding hydrogens is 192 g/mol. The molecule has 0 radical (unpaired) electrons. The van der Waals surface area contributed by atoms with Crippen molar-refractivity contribution in [2.75, 3.05) is 7.11 Å². The minimum Gasteiger partial charge on any atom is -0.392 e. The minimum absolute atomic E-state index is 0.0477. The summed E-state index contributed by atoms with van der Waals surface area (Å²) in [6, 6.07) is 5.77. The topological polar surface area (TPSA) is 47.3 Å². The Labute approximate surface area is 88.1 Å². The first-order valence-corrected chi connectivity index (χ1v) is 4.80. The quantitative estimate of drug-likeness (QED) is 0.821. The Balaban J connectivity index is 2.55. The molecule has 15 heavy (non-hydrogen) atoms. The second-order valence-corrected chi connectivity index (χ2v) is 3.50. The molecule has 0 saturated heterocycles. The predicted molar refractivity (Wildman–Crippen MR) is 57.3 cm³/mol. The van der Waals surface area contributed by atoms with Crippen LogP contribution in [0.2, 0.25) is 0 Å². The Morgan fingerprint density at radius 1 is 1.47 bits per heavy atom. The van der Waals surface area contributed by atoms with E-state index in [1.807, 2.05) is 29.8 Å². The Bertz CT molecular complexity index is 477. The zero-order valence-corrected chi connectivity index (χ0v) is 8.90. The number of ether oxygens (including phenoxy) is 1. The van der Waals surface area contributed by atoms with Crippen LogP contribution in [0.3, 0.4) is 0 Å². The van der Waals surface area contributed by atoms with Gasteiger partial charge in [-0.1, -0.05) is 6.07 Å². The van der Waals surface area contributed by atoms with Crippen molar-refractivity contribution in [3.8, 4) is 0 Å². The van der Waals surface area contributed by atoms with Gasteiger partial charge in [-0.05, 0) is 17.7 Å². The summed E-state index contributed by atoms with van der Waals surface area (Å²) in [4.78, 5) is 4.44. The summed E-state index contributed by atoms with van der Waals surface area (Å²) in [5, 5.41) is 9.02. The number of aliphatic hydroxyl groups is 1. The molecule has 2 rings (SSSR count). The second-order valence-electron chi connectivity index (χ2n) is 3.50. The van der Waals surface area contributed by atoms with Gasteiger partial charge in [-0.2, -0.15) is 0 Å². The fraction of sp³-hybridized carbons (Fsp3) is 0.364. The van der Waals surface area contributed by atoms with Gasteiger partial charge in [-0.3, -0.25) is 0 Å². The second kappa shape index (κ2) is 4.00. The van der Waals surface area contributed by atoms with E-state index in [4.69, 9.17) is 9.84 Å². The fourth-order valence-corrected chi connectivity index (χ4v) is 1.65. The van der Waals surface area contributed by atoms with Crippen molar-refractivity contribution < 1.29 is 9.84 Å². The van der Waals surface area contributed by atoms with Crippen LogP contribution in [0.25, 0.3) is 11.0 Å². The number of benzene rings is 1. The highest BCUT2D eigenvalue weighted by Gasteiger charge is 2.07. The van der Waals surface area contributed by atoms with Gasteiger partial charge in [0.1, 0.15) is 12.4 Å². The minimum atomic E-state index is 0.0477. The molecule has 1 aromatic heterocycles. The first-order valence-electron chi connectivity index (χ1n) is 4.80. The SMILES string of the molecule is COCc1nc2cc(CO)ccc2n1C. The van der Waals surface area contributed by atoms with Gasteiger partial charge in [0.2, 0.25) is 0 Å². The molecular formula is C11H14N2O2. The number of aliphatic hydroxyl groups excluding tert-OH is 1. The van der Waals surface area contributed by atoms with E-state index in [1.165, 1.54) is 0 Å². The molecule has 0 atom stereocenters. The van der Waals surface area contributed by atoms with Crippen LogP contribution in [0.5, 0.6) is 0 Å². The van der Waals surface area contributed by atoms with Crippen LogP contribution in [0.15, 0.2) is 18.2 Å². The maximum Gasteiger partial charge on any atom is 0.135 e. The monoisotopic (exact) mass is 206 g/mol. The number of aromatic nitrogens is 2. The molecule has 0 saturated carbocycles. The summed E-state index contributed by atoms with van der Waals surface area (Å²) in [7, 11) is 3.61. The number of hydrogen-bond acceptors (Lipinski definition) is 3. The number of nitrogens with zero attached hydrogens (tertiary/aromatic N) is 2. The van der Waals surface area contributed by atoms with Crippen molar-refractivity contribution in [3.63, 3.8) is 0 Å². The summed E-state index contributed by atoms with van der Waals surface area (Å²) in [5.41, 5.74) is 2.83. The average Bonchev–Trinajstić information content (AvgIpc) is 2.56. The molecule has 0 unspecified atom stereocenters. The summed E-state index contributed by atoms with van der Waals surface area (Å²) in [6.45, 7) is 0.547. The maximum absolute atomic E-state index is 9.02. The molecule has 2 aromatic rings. The normalized spacial score (nSPS) is 11.1. The highest BCUT2D eigenvalue weighted by molar-refractivity contribution is 5.76.